The van der Waals surface area contributed by atoms with E-state index in [-0.39, 0.29) is 12.4 Å². The van der Waals surface area contributed by atoms with Crippen LogP contribution in [0.3, 0.4) is 0 Å². The molecule has 1 aromatic rings. The molecule has 18 heavy (non-hydrogen) atoms. The third-order valence-electron chi connectivity index (χ3n) is 4.22. The van der Waals surface area contributed by atoms with E-state index in [1.807, 2.05) is 11.3 Å². The van der Waals surface area contributed by atoms with Crippen LogP contribution in [0.25, 0.3) is 0 Å². The van der Waals surface area contributed by atoms with Gasteiger partial charge in [0.25, 0.3) is 0 Å². The first-order valence-corrected chi connectivity index (χ1v) is 7.35. The zero-order chi connectivity index (χ0) is 11.9. The highest BCUT2D eigenvalue weighted by Gasteiger charge is 2.40. The van der Waals surface area contributed by atoms with Crippen LogP contribution in [-0.2, 0) is 6.54 Å². The summed E-state index contributed by atoms with van der Waals surface area (Å²) in [5.41, 5.74) is 1.83. The maximum atomic E-state index is 4.52. The van der Waals surface area contributed by atoms with Crippen LogP contribution in [0, 0.1) is 19.3 Å². The van der Waals surface area contributed by atoms with E-state index < -0.39 is 0 Å². The minimum atomic E-state index is 0. The number of nitrogens with zero attached hydrogens (tertiary/aromatic N) is 2. The molecule has 0 aliphatic carbocycles. The third-order valence-corrected chi connectivity index (χ3v) is 5.27. The molecule has 0 amide bonds. The molecule has 2 aliphatic rings. The van der Waals surface area contributed by atoms with E-state index in [1.165, 1.54) is 54.6 Å². The van der Waals surface area contributed by atoms with Gasteiger partial charge in [-0.3, -0.25) is 4.90 Å². The van der Waals surface area contributed by atoms with E-state index in [0.29, 0.717) is 5.41 Å². The smallest absolute Gasteiger partial charge is 0.0900 e. The predicted octanol–water partition coefficient (Wildman–Crippen LogP) is 2.37. The van der Waals surface area contributed by atoms with Gasteiger partial charge < -0.3 is 5.32 Å². The summed E-state index contributed by atoms with van der Waals surface area (Å²) in [5.74, 6) is 0. The van der Waals surface area contributed by atoms with Crippen LogP contribution < -0.4 is 5.32 Å². The number of likely N-dealkylation sites (tertiary alicyclic amines) is 1. The van der Waals surface area contributed by atoms with Gasteiger partial charge in [0.15, 0.2) is 0 Å². The molecule has 2 fully saturated rings. The van der Waals surface area contributed by atoms with Crippen molar-refractivity contribution in [3.63, 3.8) is 0 Å². The van der Waals surface area contributed by atoms with E-state index in [1.54, 1.807) is 0 Å². The molecular formula is C13H22ClN3S. The summed E-state index contributed by atoms with van der Waals surface area (Å²) in [7, 11) is 0. The largest absolute Gasteiger partial charge is 0.316 e. The number of hydrogen-bond acceptors (Lipinski definition) is 4. The number of rotatable bonds is 2. The van der Waals surface area contributed by atoms with Crippen LogP contribution in [0.2, 0.25) is 0 Å². The Balaban J connectivity index is 0.00000120. The van der Waals surface area contributed by atoms with Crippen molar-refractivity contribution in [3.05, 3.63) is 15.6 Å². The van der Waals surface area contributed by atoms with Gasteiger partial charge in [-0.1, -0.05) is 0 Å². The van der Waals surface area contributed by atoms with Crippen LogP contribution >= 0.6 is 23.7 Å². The summed E-state index contributed by atoms with van der Waals surface area (Å²) < 4.78 is 0. The Morgan fingerprint density at radius 1 is 1.39 bits per heavy atom. The highest BCUT2D eigenvalue weighted by Crippen LogP contribution is 2.37. The zero-order valence-electron chi connectivity index (χ0n) is 11.2. The van der Waals surface area contributed by atoms with Crippen LogP contribution in [0.15, 0.2) is 0 Å². The molecule has 3 heterocycles. The molecule has 1 N–H and O–H groups in total. The topological polar surface area (TPSA) is 28.2 Å². The molecule has 0 bridgehead atoms. The van der Waals surface area contributed by atoms with Crippen LogP contribution in [0.1, 0.15) is 28.4 Å². The maximum Gasteiger partial charge on any atom is 0.0900 e. The lowest BCUT2D eigenvalue weighted by Crippen LogP contribution is -2.28. The number of thiazole rings is 1. The average Bonchev–Trinajstić information content (AvgIpc) is 2.95. The highest BCUT2D eigenvalue weighted by molar-refractivity contribution is 7.11. The van der Waals surface area contributed by atoms with Crippen molar-refractivity contribution in [2.75, 3.05) is 26.2 Å². The molecule has 1 unspecified atom stereocenters. The second-order valence-electron chi connectivity index (χ2n) is 5.63. The minimum Gasteiger partial charge on any atom is -0.316 e. The predicted molar refractivity (Wildman–Crippen MR) is 78.6 cm³/mol. The van der Waals surface area contributed by atoms with Crippen LogP contribution in [0.4, 0.5) is 0 Å². The SMILES string of the molecule is Cc1nc(C)c(CN2CCC3(CCNC3)C2)s1.Cl. The molecule has 0 radical (unpaired) electrons. The van der Waals surface area contributed by atoms with Crippen molar-refractivity contribution >= 4 is 23.7 Å². The number of aromatic nitrogens is 1. The molecule has 3 nitrogen and oxygen atoms in total. The Bertz CT molecular complexity index is 412. The number of hydrogen-bond donors (Lipinski definition) is 1. The fraction of sp³-hybridized carbons (Fsp3) is 0.769. The first-order chi connectivity index (χ1) is 8.17. The highest BCUT2D eigenvalue weighted by atomic mass is 35.5. The van der Waals surface area contributed by atoms with Crippen molar-refractivity contribution in [2.45, 2.75) is 33.2 Å². The Morgan fingerprint density at radius 3 is 2.83 bits per heavy atom. The Labute approximate surface area is 119 Å². The molecule has 1 spiro atoms. The molecule has 5 heteroatoms. The molecule has 2 aliphatic heterocycles. The third kappa shape index (κ3) is 2.72. The standard InChI is InChI=1S/C13H21N3S.ClH/c1-10-12(17-11(2)15-10)7-16-6-4-13(9-16)3-5-14-8-13;/h14H,3-9H2,1-2H3;1H. The van der Waals surface area contributed by atoms with Gasteiger partial charge in [0, 0.05) is 24.5 Å². The first-order valence-electron chi connectivity index (χ1n) is 6.53. The maximum absolute atomic E-state index is 4.52. The summed E-state index contributed by atoms with van der Waals surface area (Å²) in [5, 5.41) is 4.72. The van der Waals surface area contributed by atoms with E-state index in [4.69, 9.17) is 0 Å². The Hall–Kier alpha value is -0.160. The molecule has 1 atom stereocenters. The first kappa shape index (κ1) is 14.3. The monoisotopic (exact) mass is 287 g/mol. The van der Waals surface area contributed by atoms with Crippen molar-refractivity contribution in [3.8, 4) is 0 Å². The Morgan fingerprint density at radius 2 is 2.22 bits per heavy atom. The summed E-state index contributed by atoms with van der Waals surface area (Å²) in [6, 6.07) is 0. The van der Waals surface area contributed by atoms with E-state index in [2.05, 4.69) is 29.0 Å². The molecule has 3 rings (SSSR count). The van der Waals surface area contributed by atoms with Gasteiger partial charge in [0.05, 0.1) is 10.7 Å². The van der Waals surface area contributed by atoms with Crippen LogP contribution in [-0.4, -0.2) is 36.1 Å². The number of halogens is 1. The zero-order valence-corrected chi connectivity index (χ0v) is 12.8. The van der Waals surface area contributed by atoms with Gasteiger partial charge in [-0.25, -0.2) is 4.98 Å². The Kier molecular flexibility index (Phi) is 4.32. The fourth-order valence-corrected chi connectivity index (χ4v) is 4.21. The van der Waals surface area contributed by atoms with Crippen molar-refractivity contribution in [1.29, 1.82) is 0 Å². The quantitative estimate of drug-likeness (QED) is 0.905. The summed E-state index contributed by atoms with van der Waals surface area (Å²) in [4.78, 5) is 8.60. The number of aryl methyl sites for hydroxylation is 2. The molecule has 102 valence electrons. The van der Waals surface area contributed by atoms with Gasteiger partial charge >= 0.3 is 0 Å². The van der Waals surface area contributed by atoms with E-state index >= 15 is 0 Å². The van der Waals surface area contributed by atoms with Crippen molar-refractivity contribution in [2.24, 2.45) is 5.41 Å². The minimum absolute atomic E-state index is 0. The molecule has 0 saturated carbocycles. The lowest BCUT2D eigenvalue weighted by atomic mass is 9.87. The van der Waals surface area contributed by atoms with E-state index in [9.17, 15) is 0 Å². The average molecular weight is 288 g/mol. The summed E-state index contributed by atoms with van der Waals surface area (Å²) >= 11 is 1.86. The number of nitrogens with one attached hydrogen (secondary N) is 1. The van der Waals surface area contributed by atoms with Gasteiger partial charge in [-0.05, 0) is 45.2 Å². The summed E-state index contributed by atoms with van der Waals surface area (Å²) in [6.07, 6.45) is 2.74. The second kappa shape index (κ2) is 5.45. The normalized spacial score (nSPS) is 27.9. The lowest BCUT2D eigenvalue weighted by Gasteiger charge is -2.22. The van der Waals surface area contributed by atoms with Crippen molar-refractivity contribution in [1.82, 2.24) is 15.2 Å². The molecule has 0 aromatic carbocycles. The lowest BCUT2D eigenvalue weighted by molar-refractivity contribution is 0.270. The van der Waals surface area contributed by atoms with E-state index in [0.717, 1.165) is 6.54 Å². The van der Waals surface area contributed by atoms with Crippen LogP contribution in [0.5, 0.6) is 0 Å². The molecular weight excluding hydrogens is 266 g/mol. The second-order valence-corrected chi connectivity index (χ2v) is 6.92. The van der Waals surface area contributed by atoms with Gasteiger partial charge in [0.1, 0.15) is 0 Å². The van der Waals surface area contributed by atoms with Gasteiger partial charge in [-0.15, -0.1) is 23.7 Å². The fourth-order valence-electron chi connectivity index (χ4n) is 3.23. The molecule has 2 saturated heterocycles. The molecule has 1 aromatic heterocycles. The van der Waals surface area contributed by atoms with Gasteiger partial charge in [0.2, 0.25) is 0 Å². The van der Waals surface area contributed by atoms with Gasteiger partial charge in [-0.2, -0.15) is 0 Å². The van der Waals surface area contributed by atoms with Crippen molar-refractivity contribution < 1.29 is 0 Å². The summed E-state index contributed by atoms with van der Waals surface area (Å²) in [6.45, 7) is 10.3.